The number of ether oxygens (including phenoxy) is 2. The van der Waals surface area contributed by atoms with Crippen molar-refractivity contribution < 1.29 is 14.6 Å². The Morgan fingerprint density at radius 2 is 1.88 bits per heavy atom. The number of aliphatic hydroxyl groups excluding tert-OH is 1. The SMILES string of the molecule is OC1CCOCC1C1CCOC2(CCCC2)C1. The lowest BCUT2D eigenvalue weighted by Gasteiger charge is -2.43. The van der Waals surface area contributed by atoms with Gasteiger partial charge in [-0.05, 0) is 38.0 Å². The van der Waals surface area contributed by atoms with Crippen LogP contribution in [-0.2, 0) is 9.47 Å². The molecular formula is C14H24O3. The summed E-state index contributed by atoms with van der Waals surface area (Å²) in [5.74, 6) is 0.960. The van der Waals surface area contributed by atoms with Gasteiger partial charge >= 0.3 is 0 Å². The van der Waals surface area contributed by atoms with E-state index in [4.69, 9.17) is 9.47 Å². The van der Waals surface area contributed by atoms with Crippen molar-refractivity contribution in [3.05, 3.63) is 0 Å². The molecule has 3 atom stereocenters. The zero-order valence-corrected chi connectivity index (χ0v) is 10.6. The van der Waals surface area contributed by atoms with Crippen molar-refractivity contribution in [1.29, 1.82) is 0 Å². The van der Waals surface area contributed by atoms with Crippen molar-refractivity contribution in [2.24, 2.45) is 11.8 Å². The Morgan fingerprint density at radius 1 is 1.06 bits per heavy atom. The van der Waals surface area contributed by atoms with Crippen LogP contribution in [0.3, 0.4) is 0 Å². The van der Waals surface area contributed by atoms with Crippen molar-refractivity contribution in [1.82, 2.24) is 0 Å². The minimum absolute atomic E-state index is 0.148. The molecule has 0 aromatic heterocycles. The van der Waals surface area contributed by atoms with Gasteiger partial charge in [-0.25, -0.2) is 0 Å². The lowest BCUT2D eigenvalue weighted by atomic mass is 9.75. The summed E-state index contributed by atoms with van der Waals surface area (Å²) in [4.78, 5) is 0. The summed E-state index contributed by atoms with van der Waals surface area (Å²) in [5, 5.41) is 10.1. The minimum Gasteiger partial charge on any atom is -0.393 e. The van der Waals surface area contributed by atoms with Gasteiger partial charge < -0.3 is 14.6 Å². The molecule has 3 fully saturated rings. The topological polar surface area (TPSA) is 38.7 Å². The molecule has 17 heavy (non-hydrogen) atoms. The van der Waals surface area contributed by atoms with Gasteiger partial charge in [0.25, 0.3) is 0 Å². The molecule has 3 heteroatoms. The zero-order chi connectivity index (χ0) is 11.7. The Hall–Kier alpha value is -0.120. The highest BCUT2D eigenvalue weighted by Crippen LogP contribution is 2.45. The van der Waals surface area contributed by atoms with Crippen LogP contribution in [0.2, 0.25) is 0 Å². The number of aliphatic hydroxyl groups is 1. The van der Waals surface area contributed by atoms with Gasteiger partial charge in [0, 0.05) is 19.1 Å². The first kappa shape index (κ1) is 11.9. The highest BCUT2D eigenvalue weighted by Gasteiger charge is 2.43. The second kappa shape index (κ2) is 4.87. The second-order valence-electron chi connectivity index (χ2n) is 6.09. The fourth-order valence-corrected chi connectivity index (χ4v) is 4.00. The van der Waals surface area contributed by atoms with Crippen molar-refractivity contribution in [3.8, 4) is 0 Å². The summed E-state index contributed by atoms with van der Waals surface area (Å²) in [6.07, 6.45) is 8.01. The van der Waals surface area contributed by atoms with E-state index >= 15 is 0 Å². The molecule has 2 aliphatic heterocycles. The average molecular weight is 240 g/mol. The van der Waals surface area contributed by atoms with Gasteiger partial charge in [-0.3, -0.25) is 0 Å². The molecule has 3 nitrogen and oxygen atoms in total. The Morgan fingerprint density at radius 3 is 2.65 bits per heavy atom. The maximum absolute atomic E-state index is 10.1. The van der Waals surface area contributed by atoms with Gasteiger partial charge in [-0.2, -0.15) is 0 Å². The normalized spacial score (nSPS) is 41.8. The fourth-order valence-electron chi connectivity index (χ4n) is 4.00. The first-order valence-corrected chi connectivity index (χ1v) is 7.19. The van der Waals surface area contributed by atoms with Gasteiger partial charge in [-0.15, -0.1) is 0 Å². The summed E-state index contributed by atoms with van der Waals surface area (Å²) in [5.41, 5.74) is 0.167. The van der Waals surface area contributed by atoms with Crippen LogP contribution in [0.25, 0.3) is 0 Å². The average Bonchev–Trinajstić information content (AvgIpc) is 2.78. The summed E-state index contributed by atoms with van der Waals surface area (Å²) in [6.45, 7) is 2.36. The second-order valence-corrected chi connectivity index (χ2v) is 6.09. The third-order valence-electron chi connectivity index (χ3n) is 5.01. The van der Waals surface area contributed by atoms with Crippen molar-refractivity contribution in [3.63, 3.8) is 0 Å². The monoisotopic (exact) mass is 240 g/mol. The van der Waals surface area contributed by atoms with Gasteiger partial charge in [-0.1, -0.05) is 12.8 Å². The fraction of sp³-hybridized carbons (Fsp3) is 1.00. The molecule has 1 aliphatic carbocycles. The van der Waals surface area contributed by atoms with Gasteiger partial charge in [0.2, 0.25) is 0 Å². The third-order valence-corrected chi connectivity index (χ3v) is 5.01. The van der Waals surface area contributed by atoms with E-state index in [1.807, 2.05) is 0 Å². The Balaban J connectivity index is 1.66. The smallest absolute Gasteiger partial charge is 0.0685 e. The van der Waals surface area contributed by atoms with Crippen LogP contribution in [0, 0.1) is 11.8 Å². The Bertz CT molecular complexity index is 260. The van der Waals surface area contributed by atoms with Crippen LogP contribution < -0.4 is 0 Å². The first-order chi connectivity index (χ1) is 8.29. The predicted molar refractivity (Wildman–Crippen MR) is 64.8 cm³/mol. The van der Waals surface area contributed by atoms with Gasteiger partial charge in [0.1, 0.15) is 0 Å². The van der Waals surface area contributed by atoms with Crippen molar-refractivity contribution in [2.75, 3.05) is 19.8 Å². The van der Waals surface area contributed by atoms with Gasteiger partial charge in [0.15, 0.2) is 0 Å². The third kappa shape index (κ3) is 2.38. The zero-order valence-electron chi connectivity index (χ0n) is 10.6. The molecule has 3 rings (SSSR count). The standard InChI is InChI=1S/C14H24O3/c15-13-4-7-16-10-12(13)11-3-8-17-14(9-11)5-1-2-6-14/h11-13,15H,1-10H2. The van der Waals surface area contributed by atoms with Crippen LogP contribution in [0.5, 0.6) is 0 Å². The van der Waals surface area contributed by atoms with Crippen LogP contribution in [-0.4, -0.2) is 36.6 Å². The number of rotatable bonds is 1. The van der Waals surface area contributed by atoms with Crippen LogP contribution in [0.1, 0.15) is 44.9 Å². The maximum Gasteiger partial charge on any atom is 0.0685 e. The summed E-state index contributed by atoms with van der Waals surface area (Å²) in [7, 11) is 0. The molecule has 1 N–H and O–H groups in total. The molecule has 98 valence electrons. The van der Waals surface area contributed by atoms with E-state index in [1.165, 1.54) is 25.7 Å². The van der Waals surface area contributed by atoms with E-state index in [-0.39, 0.29) is 11.7 Å². The lowest BCUT2D eigenvalue weighted by molar-refractivity contribution is -0.132. The molecule has 1 saturated carbocycles. The highest BCUT2D eigenvalue weighted by molar-refractivity contribution is 4.94. The Kier molecular flexibility index (Phi) is 3.42. The molecule has 1 spiro atoms. The summed E-state index contributed by atoms with van der Waals surface area (Å²) >= 11 is 0. The largest absolute Gasteiger partial charge is 0.393 e. The van der Waals surface area contributed by atoms with E-state index in [0.29, 0.717) is 11.8 Å². The molecule has 3 unspecified atom stereocenters. The first-order valence-electron chi connectivity index (χ1n) is 7.19. The summed E-state index contributed by atoms with van der Waals surface area (Å²) in [6, 6.07) is 0. The molecule has 3 aliphatic rings. The molecule has 0 aromatic carbocycles. The maximum atomic E-state index is 10.1. The number of hydrogen-bond donors (Lipinski definition) is 1. The van der Waals surface area contributed by atoms with Crippen LogP contribution >= 0.6 is 0 Å². The molecule has 0 aromatic rings. The number of hydrogen-bond acceptors (Lipinski definition) is 3. The molecule has 0 bridgehead atoms. The molecule has 0 radical (unpaired) electrons. The van der Waals surface area contributed by atoms with E-state index in [9.17, 15) is 5.11 Å². The van der Waals surface area contributed by atoms with Crippen LogP contribution in [0.4, 0.5) is 0 Å². The quantitative estimate of drug-likeness (QED) is 0.763. The van der Waals surface area contributed by atoms with E-state index in [2.05, 4.69) is 0 Å². The van der Waals surface area contributed by atoms with Crippen molar-refractivity contribution >= 4 is 0 Å². The van der Waals surface area contributed by atoms with E-state index < -0.39 is 0 Å². The minimum atomic E-state index is -0.148. The Labute approximate surface area is 103 Å². The lowest BCUT2D eigenvalue weighted by Crippen LogP contribution is -2.45. The highest BCUT2D eigenvalue weighted by atomic mass is 16.5. The van der Waals surface area contributed by atoms with E-state index in [1.54, 1.807) is 0 Å². The van der Waals surface area contributed by atoms with Crippen LogP contribution in [0.15, 0.2) is 0 Å². The van der Waals surface area contributed by atoms with Crippen molar-refractivity contribution in [2.45, 2.75) is 56.7 Å². The molecule has 2 heterocycles. The van der Waals surface area contributed by atoms with Gasteiger partial charge in [0.05, 0.1) is 18.3 Å². The predicted octanol–water partition coefficient (Wildman–Crippen LogP) is 2.12. The van der Waals surface area contributed by atoms with E-state index in [0.717, 1.165) is 39.1 Å². The molecule has 2 saturated heterocycles. The molecular weight excluding hydrogens is 216 g/mol. The summed E-state index contributed by atoms with van der Waals surface area (Å²) < 4.78 is 11.6. The molecule has 0 amide bonds.